The molecule has 0 bridgehead atoms. The first-order valence-corrected chi connectivity index (χ1v) is 10.2. The molecule has 27 heavy (non-hydrogen) atoms. The van der Waals surface area contributed by atoms with Gasteiger partial charge in [-0.15, -0.1) is 0 Å². The standard InChI is InChI=1S/C20H21Cl2N3OS/c1-11(2)18-20(27-15-9-13(21)8-14(22)10-15)25-19(24-18)17(26)7-12-5-3-4-6-16(12)23/h3-6,8-11,17,26H,7,23H2,1-2H3,(H,24,25). The zero-order valence-electron chi connectivity index (χ0n) is 15.0. The molecule has 0 fully saturated rings. The number of H-pyrrole nitrogens is 1. The number of aromatic amines is 1. The number of nitrogen functional groups attached to an aromatic ring is 1. The summed E-state index contributed by atoms with van der Waals surface area (Å²) in [5, 5.41) is 12.7. The zero-order chi connectivity index (χ0) is 19.6. The molecular formula is C20H21Cl2N3OS. The number of nitrogens with one attached hydrogen (secondary N) is 1. The number of rotatable bonds is 6. The SMILES string of the molecule is CC(C)c1nc(C(O)Cc2ccccc2N)[nH]c1Sc1cc(Cl)cc(Cl)c1. The molecule has 1 heterocycles. The van der Waals surface area contributed by atoms with Gasteiger partial charge in [0.15, 0.2) is 0 Å². The van der Waals surface area contributed by atoms with Crippen molar-refractivity contribution in [2.75, 3.05) is 5.73 Å². The van der Waals surface area contributed by atoms with Crippen molar-refractivity contribution < 1.29 is 5.11 Å². The lowest BCUT2D eigenvalue weighted by Gasteiger charge is -2.10. The maximum absolute atomic E-state index is 10.7. The van der Waals surface area contributed by atoms with E-state index in [9.17, 15) is 5.11 Å². The van der Waals surface area contributed by atoms with E-state index in [2.05, 4.69) is 23.8 Å². The maximum Gasteiger partial charge on any atom is 0.136 e. The fourth-order valence-corrected chi connectivity index (χ4v) is 4.55. The van der Waals surface area contributed by atoms with Crippen LogP contribution in [-0.2, 0) is 6.42 Å². The lowest BCUT2D eigenvalue weighted by Crippen LogP contribution is -2.06. The Balaban J connectivity index is 1.87. The third-order valence-electron chi connectivity index (χ3n) is 4.10. The quantitative estimate of drug-likeness (QED) is 0.436. The molecule has 2 aromatic carbocycles. The fraction of sp³-hybridized carbons (Fsp3) is 0.250. The van der Waals surface area contributed by atoms with Gasteiger partial charge in [-0.05, 0) is 35.7 Å². The summed E-state index contributed by atoms with van der Waals surface area (Å²) in [5.74, 6) is 0.721. The number of hydrogen-bond donors (Lipinski definition) is 3. The first-order chi connectivity index (χ1) is 12.8. The molecule has 4 N–H and O–H groups in total. The van der Waals surface area contributed by atoms with Gasteiger partial charge < -0.3 is 15.8 Å². The van der Waals surface area contributed by atoms with E-state index < -0.39 is 6.10 Å². The van der Waals surface area contributed by atoms with E-state index in [1.54, 1.807) is 6.07 Å². The topological polar surface area (TPSA) is 74.9 Å². The molecule has 0 saturated carbocycles. The van der Waals surface area contributed by atoms with Crippen LogP contribution in [0.1, 0.15) is 43.0 Å². The molecule has 3 aromatic rings. The molecule has 0 spiro atoms. The van der Waals surface area contributed by atoms with E-state index in [-0.39, 0.29) is 5.92 Å². The largest absolute Gasteiger partial charge is 0.399 e. The average molecular weight is 422 g/mol. The van der Waals surface area contributed by atoms with Crippen molar-refractivity contribution in [3.63, 3.8) is 0 Å². The van der Waals surface area contributed by atoms with E-state index in [0.717, 1.165) is 21.2 Å². The normalized spacial score (nSPS) is 12.5. The molecule has 0 amide bonds. The fourth-order valence-electron chi connectivity index (χ4n) is 2.75. The highest BCUT2D eigenvalue weighted by Gasteiger charge is 2.20. The van der Waals surface area contributed by atoms with Crippen LogP contribution in [0.3, 0.4) is 0 Å². The summed E-state index contributed by atoms with van der Waals surface area (Å²) >= 11 is 13.7. The van der Waals surface area contributed by atoms with E-state index >= 15 is 0 Å². The number of aliphatic hydroxyl groups excluding tert-OH is 1. The summed E-state index contributed by atoms with van der Waals surface area (Å²) in [6, 6.07) is 12.9. The number of nitrogens with two attached hydrogens (primary N) is 1. The average Bonchev–Trinajstić information content (AvgIpc) is 3.00. The van der Waals surface area contributed by atoms with Gasteiger partial charge in [-0.2, -0.15) is 0 Å². The van der Waals surface area contributed by atoms with Crippen LogP contribution in [0.4, 0.5) is 5.69 Å². The van der Waals surface area contributed by atoms with Gasteiger partial charge in [0.2, 0.25) is 0 Å². The van der Waals surface area contributed by atoms with Crippen molar-refractivity contribution in [2.24, 2.45) is 0 Å². The number of hydrogen-bond acceptors (Lipinski definition) is 4. The minimum Gasteiger partial charge on any atom is -0.399 e. The Morgan fingerprint density at radius 2 is 1.81 bits per heavy atom. The van der Waals surface area contributed by atoms with Gasteiger partial charge in [-0.3, -0.25) is 0 Å². The highest BCUT2D eigenvalue weighted by atomic mass is 35.5. The Kier molecular flexibility index (Phi) is 6.37. The number of para-hydroxylation sites is 1. The number of imidazole rings is 1. The summed E-state index contributed by atoms with van der Waals surface area (Å²) in [7, 11) is 0. The van der Waals surface area contributed by atoms with Gasteiger partial charge in [0, 0.05) is 27.0 Å². The summed E-state index contributed by atoms with van der Waals surface area (Å²) in [4.78, 5) is 8.82. The van der Waals surface area contributed by atoms with Crippen molar-refractivity contribution >= 4 is 40.7 Å². The van der Waals surface area contributed by atoms with Crippen LogP contribution >= 0.6 is 35.0 Å². The number of halogens is 2. The van der Waals surface area contributed by atoms with Crippen molar-refractivity contribution in [1.29, 1.82) is 0 Å². The predicted molar refractivity (Wildman–Crippen MR) is 113 cm³/mol. The van der Waals surface area contributed by atoms with Crippen LogP contribution < -0.4 is 5.73 Å². The van der Waals surface area contributed by atoms with Crippen LogP contribution in [0.2, 0.25) is 10.0 Å². The van der Waals surface area contributed by atoms with E-state index in [4.69, 9.17) is 28.9 Å². The van der Waals surface area contributed by atoms with Crippen LogP contribution in [0, 0.1) is 0 Å². The predicted octanol–water partition coefficient (Wildman–Crippen LogP) is 5.85. The maximum atomic E-state index is 10.7. The Morgan fingerprint density at radius 3 is 2.44 bits per heavy atom. The highest BCUT2D eigenvalue weighted by Crippen LogP contribution is 2.36. The molecular weight excluding hydrogens is 401 g/mol. The zero-order valence-corrected chi connectivity index (χ0v) is 17.4. The number of aromatic nitrogens is 2. The molecule has 0 aliphatic heterocycles. The van der Waals surface area contributed by atoms with Crippen molar-refractivity contribution in [3.8, 4) is 0 Å². The van der Waals surface area contributed by atoms with Gasteiger partial charge >= 0.3 is 0 Å². The smallest absolute Gasteiger partial charge is 0.136 e. The molecule has 142 valence electrons. The first kappa shape index (κ1) is 20.1. The molecule has 0 aliphatic rings. The van der Waals surface area contributed by atoms with E-state index in [1.807, 2.05) is 36.4 Å². The summed E-state index contributed by atoms with van der Waals surface area (Å²) < 4.78 is 0. The van der Waals surface area contributed by atoms with Gasteiger partial charge in [0.1, 0.15) is 17.0 Å². The minimum atomic E-state index is -0.774. The Bertz CT molecular complexity index is 922. The van der Waals surface area contributed by atoms with E-state index in [1.165, 1.54) is 11.8 Å². The summed E-state index contributed by atoms with van der Waals surface area (Å²) in [6.45, 7) is 4.13. The third-order valence-corrected chi connectivity index (χ3v) is 5.53. The molecule has 3 rings (SSSR count). The molecule has 0 saturated heterocycles. The number of benzene rings is 2. The number of anilines is 1. The van der Waals surface area contributed by atoms with Crippen LogP contribution in [-0.4, -0.2) is 15.1 Å². The monoisotopic (exact) mass is 421 g/mol. The van der Waals surface area contributed by atoms with Gasteiger partial charge in [-0.1, -0.05) is 67.0 Å². The Labute approximate surface area is 173 Å². The van der Waals surface area contributed by atoms with Gasteiger partial charge in [0.05, 0.1) is 5.69 Å². The molecule has 1 aromatic heterocycles. The van der Waals surface area contributed by atoms with Crippen molar-refractivity contribution in [3.05, 3.63) is 69.6 Å². The second-order valence-corrected chi connectivity index (χ2v) is 8.57. The molecule has 1 atom stereocenters. The van der Waals surface area contributed by atoms with Gasteiger partial charge in [-0.25, -0.2) is 4.98 Å². The first-order valence-electron chi connectivity index (χ1n) is 8.58. The van der Waals surface area contributed by atoms with Crippen LogP contribution in [0.5, 0.6) is 0 Å². The lowest BCUT2D eigenvalue weighted by atomic mass is 10.1. The lowest BCUT2D eigenvalue weighted by molar-refractivity contribution is 0.169. The number of nitrogens with zero attached hydrogens (tertiary/aromatic N) is 1. The highest BCUT2D eigenvalue weighted by molar-refractivity contribution is 7.99. The minimum absolute atomic E-state index is 0.196. The second kappa shape index (κ2) is 8.57. The number of aliphatic hydroxyl groups is 1. The molecule has 0 radical (unpaired) electrons. The van der Waals surface area contributed by atoms with Crippen LogP contribution in [0.25, 0.3) is 0 Å². The molecule has 1 unspecified atom stereocenters. The molecule has 7 heteroatoms. The van der Waals surface area contributed by atoms with Crippen LogP contribution in [0.15, 0.2) is 52.4 Å². The van der Waals surface area contributed by atoms with E-state index in [0.29, 0.717) is 28.0 Å². The Hall–Kier alpha value is -1.66. The summed E-state index contributed by atoms with van der Waals surface area (Å²) in [6.07, 6.45) is -0.380. The third kappa shape index (κ3) is 4.99. The molecule has 4 nitrogen and oxygen atoms in total. The van der Waals surface area contributed by atoms with Gasteiger partial charge in [0.25, 0.3) is 0 Å². The second-order valence-electron chi connectivity index (χ2n) is 6.62. The van der Waals surface area contributed by atoms with Crippen molar-refractivity contribution in [2.45, 2.75) is 42.2 Å². The van der Waals surface area contributed by atoms with Crippen molar-refractivity contribution in [1.82, 2.24) is 9.97 Å². The summed E-state index contributed by atoms with van der Waals surface area (Å²) in [5.41, 5.74) is 8.44. The Morgan fingerprint density at radius 1 is 1.15 bits per heavy atom. The molecule has 0 aliphatic carbocycles.